The Morgan fingerprint density at radius 2 is 0.682 bits per heavy atom. The van der Waals surface area contributed by atoms with Crippen molar-refractivity contribution in [2.45, 2.75) is 0 Å². The summed E-state index contributed by atoms with van der Waals surface area (Å²) in [5.41, 5.74) is -5.81. The van der Waals surface area contributed by atoms with Crippen molar-refractivity contribution < 1.29 is 59.2 Å². The van der Waals surface area contributed by atoms with Crippen LogP contribution in [0.3, 0.4) is 0 Å². The Bertz CT molecular complexity index is 1830. The van der Waals surface area contributed by atoms with E-state index in [0.29, 0.717) is 0 Å². The zero-order chi connectivity index (χ0) is 32.4. The molecule has 5 rings (SSSR count). The lowest BCUT2D eigenvalue weighted by atomic mass is 9.92. The van der Waals surface area contributed by atoms with E-state index in [0.717, 1.165) is 48.5 Å². The van der Waals surface area contributed by atoms with Crippen LogP contribution < -0.4 is 0 Å². The Hall–Kier alpha value is -4.91. The number of hydrogen-bond acceptors (Lipinski definition) is 3. The molecule has 0 aromatic heterocycles. The Morgan fingerprint density at radius 1 is 0.386 bits per heavy atom. The molecule has 0 bridgehead atoms. The van der Waals surface area contributed by atoms with Gasteiger partial charge in [-0.25, -0.2) is 43.9 Å². The zero-order valence-electron chi connectivity index (χ0n) is 21.1. The van der Waals surface area contributed by atoms with E-state index < -0.39 is 120 Å². The Labute approximate surface area is 244 Å². The van der Waals surface area contributed by atoms with Gasteiger partial charge in [-0.1, -0.05) is 23.7 Å². The summed E-state index contributed by atoms with van der Waals surface area (Å²) in [4.78, 5) is 0. The van der Waals surface area contributed by atoms with Crippen LogP contribution in [0.1, 0.15) is 0 Å². The molecule has 0 saturated heterocycles. The van der Waals surface area contributed by atoms with Crippen molar-refractivity contribution >= 4 is 11.6 Å². The molecule has 0 aliphatic carbocycles. The van der Waals surface area contributed by atoms with Crippen LogP contribution in [0, 0.1) is 58.2 Å². The molecule has 0 saturated carbocycles. The average Bonchev–Trinajstić information content (AvgIpc) is 3.00. The molecule has 0 radical (unpaired) electrons. The van der Waals surface area contributed by atoms with Crippen molar-refractivity contribution in [3.05, 3.63) is 112 Å². The number of aromatic hydroxyl groups is 3. The van der Waals surface area contributed by atoms with Crippen LogP contribution in [-0.4, -0.2) is 15.3 Å². The summed E-state index contributed by atoms with van der Waals surface area (Å²) in [6.07, 6.45) is 0. The summed E-state index contributed by atoms with van der Waals surface area (Å²) in [6, 6.07) is 6.78. The maximum Gasteiger partial charge on any atom is 0.200 e. The van der Waals surface area contributed by atoms with Gasteiger partial charge in [0.25, 0.3) is 0 Å². The van der Waals surface area contributed by atoms with Gasteiger partial charge in [0.15, 0.2) is 46.5 Å². The van der Waals surface area contributed by atoms with Gasteiger partial charge in [0.2, 0.25) is 11.6 Å². The van der Waals surface area contributed by atoms with Crippen molar-refractivity contribution in [3.63, 3.8) is 0 Å². The molecule has 3 nitrogen and oxygen atoms in total. The van der Waals surface area contributed by atoms with Gasteiger partial charge in [-0.2, -0.15) is 0 Å². The van der Waals surface area contributed by atoms with Crippen LogP contribution in [0.15, 0.2) is 48.5 Å². The second-order valence-corrected chi connectivity index (χ2v) is 9.64. The number of halogens is 11. The van der Waals surface area contributed by atoms with E-state index in [2.05, 4.69) is 0 Å². The van der Waals surface area contributed by atoms with E-state index in [1.165, 1.54) is 0 Å². The number of phenols is 3. The molecular weight excluding hydrogens is 634 g/mol. The average molecular weight is 645 g/mol. The highest BCUT2D eigenvalue weighted by Gasteiger charge is 2.29. The van der Waals surface area contributed by atoms with Gasteiger partial charge >= 0.3 is 0 Å². The van der Waals surface area contributed by atoms with Crippen LogP contribution in [0.4, 0.5) is 43.9 Å². The van der Waals surface area contributed by atoms with E-state index in [9.17, 15) is 59.2 Å². The molecule has 0 fully saturated rings. The van der Waals surface area contributed by atoms with Gasteiger partial charge in [0.05, 0.1) is 11.1 Å². The van der Waals surface area contributed by atoms with E-state index in [1.807, 2.05) is 0 Å². The highest BCUT2D eigenvalue weighted by atomic mass is 35.5. The van der Waals surface area contributed by atoms with Crippen molar-refractivity contribution in [3.8, 4) is 61.8 Å². The zero-order valence-corrected chi connectivity index (χ0v) is 21.9. The first-order chi connectivity index (χ1) is 20.6. The lowest BCUT2D eigenvalue weighted by Crippen LogP contribution is -2.04. The van der Waals surface area contributed by atoms with Gasteiger partial charge < -0.3 is 15.3 Å². The van der Waals surface area contributed by atoms with E-state index >= 15 is 0 Å². The lowest BCUT2D eigenvalue weighted by Gasteiger charge is -2.16. The predicted octanol–water partition coefficient (Wildman–Crippen LogP) is 9.52. The third-order valence-corrected chi connectivity index (χ3v) is 6.86. The van der Waals surface area contributed by atoms with Crippen molar-refractivity contribution in [1.29, 1.82) is 0 Å². The molecule has 0 spiro atoms. The largest absolute Gasteiger partial charge is 0.507 e. The molecule has 0 atom stereocenters. The fraction of sp³-hybridized carbons (Fsp3) is 0. The van der Waals surface area contributed by atoms with Crippen molar-refractivity contribution in [2.75, 3.05) is 0 Å². The molecule has 44 heavy (non-hydrogen) atoms. The molecule has 0 unspecified atom stereocenters. The summed E-state index contributed by atoms with van der Waals surface area (Å²) in [5.74, 6) is -24.8. The number of rotatable bonds is 4. The van der Waals surface area contributed by atoms with Crippen LogP contribution in [0.5, 0.6) is 17.2 Å². The molecule has 5 aromatic rings. The van der Waals surface area contributed by atoms with E-state index in [-0.39, 0.29) is 5.02 Å². The highest BCUT2D eigenvalue weighted by molar-refractivity contribution is 6.31. The Morgan fingerprint density at radius 3 is 1.00 bits per heavy atom. The van der Waals surface area contributed by atoms with Gasteiger partial charge in [-0.05, 0) is 47.5 Å². The lowest BCUT2D eigenvalue weighted by molar-refractivity contribution is 0.381. The molecular formula is C30H11ClF10O3. The summed E-state index contributed by atoms with van der Waals surface area (Å²) in [6.45, 7) is 0. The first-order valence-electron chi connectivity index (χ1n) is 11.9. The molecule has 0 aliphatic rings. The second-order valence-electron chi connectivity index (χ2n) is 9.20. The SMILES string of the molecule is Oc1ccc(-c2c(F)c(F)c(F)c(F)c2F)cc1-c1cc(Cl)cc(-c2cc(-c3c(F)c(F)c(F)c(F)c3F)ccc2O)c1O. The van der Waals surface area contributed by atoms with E-state index in [1.54, 1.807) is 0 Å². The molecule has 5 aromatic carbocycles. The number of phenolic OH excluding ortho intramolecular Hbond substituents is 3. The fourth-order valence-electron chi connectivity index (χ4n) is 4.54. The smallest absolute Gasteiger partial charge is 0.200 e. The Kier molecular flexibility index (Phi) is 7.62. The number of hydrogen-bond donors (Lipinski definition) is 3. The molecule has 0 aliphatic heterocycles. The standard InChI is InChI=1S/C30H11ClF10O3/c31-11-7-14(12-5-9(1-3-16(12)42)18-20(32)24(36)28(40)25(37)21(18)33)30(44)15(8-11)13-6-10(2-4-17(13)43)19-22(34)26(38)29(41)27(39)23(19)35/h1-8,42-44H. The maximum atomic E-state index is 14.5. The first kappa shape index (κ1) is 30.5. The second kappa shape index (κ2) is 11.0. The predicted molar refractivity (Wildman–Crippen MR) is 138 cm³/mol. The van der Waals surface area contributed by atoms with E-state index in [4.69, 9.17) is 11.6 Å². The van der Waals surface area contributed by atoms with Gasteiger partial charge in [-0.15, -0.1) is 0 Å². The monoisotopic (exact) mass is 644 g/mol. The highest BCUT2D eigenvalue weighted by Crippen LogP contribution is 2.48. The normalized spacial score (nSPS) is 11.3. The minimum absolute atomic E-state index is 0.255. The third-order valence-electron chi connectivity index (χ3n) is 6.65. The minimum Gasteiger partial charge on any atom is -0.507 e. The van der Waals surface area contributed by atoms with Gasteiger partial charge in [0.1, 0.15) is 17.2 Å². The van der Waals surface area contributed by atoms with Gasteiger partial charge in [0, 0.05) is 27.3 Å². The van der Waals surface area contributed by atoms with Crippen molar-refractivity contribution in [2.24, 2.45) is 0 Å². The topological polar surface area (TPSA) is 60.7 Å². The molecule has 226 valence electrons. The molecule has 0 heterocycles. The minimum atomic E-state index is -2.41. The Balaban J connectivity index is 1.73. The quantitative estimate of drug-likeness (QED) is 0.104. The van der Waals surface area contributed by atoms with Crippen LogP contribution >= 0.6 is 11.6 Å². The molecule has 3 N–H and O–H groups in total. The van der Waals surface area contributed by atoms with Crippen molar-refractivity contribution in [1.82, 2.24) is 0 Å². The first-order valence-corrected chi connectivity index (χ1v) is 12.3. The van der Waals surface area contributed by atoms with Crippen LogP contribution in [0.25, 0.3) is 44.5 Å². The van der Waals surface area contributed by atoms with Crippen LogP contribution in [0.2, 0.25) is 5.02 Å². The third kappa shape index (κ3) is 4.73. The van der Waals surface area contributed by atoms with Crippen LogP contribution in [-0.2, 0) is 0 Å². The fourth-order valence-corrected chi connectivity index (χ4v) is 4.76. The summed E-state index contributed by atoms with van der Waals surface area (Å²) in [5, 5.41) is 31.9. The molecule has 14 heteroatoms. The molecule has 0 amide bonds. The summed E-state index contributed by atoms with van der Waals surface area (Å²) < 4.78 is 141. The summed E-state index contributed by atoms with van der Waals surface area (Å²) in [7, 11) is 0. The van der Waals surface area contributed by atoms with Gasteiger partial charge in [-0.3, -0.25) is 0 Å². The maximum absolute atomic E-state index is 14.5. The number of benzene rings is 5. The summed E-state index contributed by atoms with van der Waals surface area (Å²) >= 11 is 6.16.